The van der Waals surface area contributed by atoms with Crippen molar-refractivity contribution in [2.75, 3.05) is 19.6 Å². The van der Waals surface area contributed by atoms with Crippen LogP contribution in [0.1, 0.15) is 85.5 Å². The van der Waals surface area contributed by atoms with E-state index in [1.165, 1.54) is 19.6 Å². The zero-order valence-corrected chi connectivity index (χ0v) is 21.0. The third kappa shape index (κ3) is 5.88. The molecule has 3 atom stereocenters. The first-order valence-corrected chi connectivity index (χ1v) is 11.7. The lowest BCUT2D eigenvalue weighted by molar-refractivity contribution is -0.323. The summed E-state index contributed by atoms with van der Waals surface area (Å²) in [6.45, 7) is 22.2. The zero-order chi connectivity index (χ0) is 24.0. The second kappa shape index (κ2) is 11.1. The van der Waals surface area contributed by atoms with Crippen LogP contribution in [0.25, 0.3) is 0 Å². The first-order valence-electron chi connectivity index (χ1n) is 11.7. The molecular formula is C24H43N4O3-. The molecule has 7 nitrogen and oxygen atoms in total. The maximum Gasteiger partial charge on any atom is 0.224 e. The summed E-state index contributed by atoms with van der Waals surface area (Å²) in [4.78, 5) is 26.7. The molecule has 31 heavy (non-hydrogen) atoms. The molecule has 178 valence electrons. The van der Waals surface area contributed by atoms with Gasteiger partial charge in [-0.05, 0) is 58.7 Å². The maximum atomic E-state index is 12.8. The third-order valence-corrected chi connectivity index (χ3v) is 7.47. The number of nitrogens with one attached hydrogen (secondary N) is 1. The first kappa shape index (κ1) is 27.1. The summed E-state index contributed by atoms with van der Waals surface area (Å²) >= 11 is 0. The van der Waals surface area contributed by atoms with Crippen molar-refractivity contribution in [3.63, 3.8) is 0 Å². The lowest BCUT2D eigenvalue weighted by atomic mass is 9.65. The van der Waals surface area contributed by atoms with Gasteiger partial charge in [0.15, 0.2) is 0 Å². The monoisotopic (exact) mass is 435 g/mol. The van der Waals surface area contributed by atoms with Crippen LogP contribution in [0.15, 0.2) is 6.20 Å². The summed E-state index contributed by atoms with van der Waals surface area (Å²) < 4.78 is 1.85. The largest absolute Gasteiger partial charge is 0.550 e. The Kier molecular flexibility index (Phi) is 9.73. The van der Waals surface area contributed by atoms with Crippen molar-refractivity contribution in [3.05, 3.63) is 17.5 Å². The van der Waals surface area contributed by atoms with Crippen molar-refractivity contribution >= 4 is 11.9 Å². The van der Waals surface area contributed by atoms with Crippen LogP contribution in [-0.4, -0.2) is 46.2 Å². The molecule has 0 spiro atoms. The summed E-state index contributed by atoms with van der Waals surface area (Å²) in [6, 6.07) is -0.164. The van der Waals surface area contributed by atoms with Gasteiger partial charge in [0.2, 0.25) is 5.91 Å². The fraction of sp³-hybridized carbons (Fsp3) is 0.792. The van der Waals surface area contributed by atoms with E-state index in [1.54, 1.807) is 6.92 Å². The number of amides is 1. The third-order valence-electron chi connectivity index (χ3n) is 7.47. The van der Waals surface area contributed by atoms with Crippen molar-refractivity contribution in [3.8, 4) is 0 Å². The Labute approximate surface area is 188 Å². The molecule has 1 aliphatic rings. The highest BCUT2D eigenvalue weighted by Gasteiger charge is 2.55. The van der Waals surface area contributed by atoms with Gasteiger partial charge in [-0.3, -0.25) is 9.48 Å². The van der Waals surface area contributed by atoms with E-state index in [9.17, 15) is 14.7 Å². The van der Waals surface area contributed by atoms with Gasteiger partial charge in [0.05, 0.1) is 11.7 Å². The number of carbonyl (C=O) groups is 2. The molecule has 0 radical (unpaired) electrons. The van der Waals surface area contributed by atoms with Gasteiger partial charge < -0.3 is 20.1 Å². The number of nitrogens with zero attached hydrogens (tertiary/aromatic N) is 3. The minimum absolute atomic E-state index is 0.0962. The Hall–Kier alpha value is -1.89. The smallest absolute Gasteiger partial charge is 0.224 e. The SMILES string of the molecule is CCN(CC)CC.CCn1cc(C(C)NC(=O)C2CCC(C)(C(=O)[O-])C2(C)C)c(C)n1. The van der Waals surface area contributed by atoms with E-state index >= 15 is 0 Å². The van der Waals surface area contributed by atoms with Gasteiger partial charge in [-0.15, -0.1) is 0 Å². The molecular weight excluding hydrogens is 392 g/mol. The molecule has 7 heteroatoms. The van der Waals surface area contributed by atoms with E-state index in [0.717, 1.165) is 17.8 Å². The standard InChI is InChI=1S/C18H29N3O3.C6H15N/c1-7-21-10-13(12(3)20-21)11(2)19-15(22)14-8-9-18(6,16(23)24)17(14,4)5;1-4-7(5-2)6-3/h10-11,14H,7-9H2,1-6H3,(H,19,22)(H,23,24);4-6H2,1-3H3/p-1. The minimum Gasteiger partial charge on any atom is -0.550 e. The second-order valence-electron chi connectivity index (χ2n) is 9.31. The summed E-state index contributed by atoms with van der Waals surface area (Å²) in [5.41, 5.74) is 0.248. The number of carbonyl (C=O) groups excluding carboxylic acids is 2. The second-order valence-corrected chi connectivity index (χ2v) is 9.31. The average Bonchev–Trinajstić information content (AvgIpc) is 3.21. The van der Waals surface area contributed by atoms with E-state index < -0.39 is 16.8 Å². The van der Waals surface area contributed by atoms with Crippen LogP contribution in [0.5, 0.6) is 0 Å². The quantitative estimate of drug-likeness (QED) is 0.678. The van der Waals surface area contributed by atoms with Crippen molar-refractivity contribution in [1.29, 1.82) is 0 Å². The molecule has 1 aliphatic carbocycles. The molecule has 2 rings (SSSR count). The van der Waals surface area contributed by atoms with Gasteiger partial charge >= 0.3 is 0 Å². The van der Waals surface area contributed by atoms with E-state index in [0.29, 0.717) is 12.8 Å². The molecule has 0 aliphatic heterocycles. The van der Waals surface area contributed by atoms with Gasteiger partial charge in [-0.1, -0.05) is 41.5 Å². The number of rotatable bonds is 8. The minimum atomic E-state index is -1.07. The van der Waals surface area contributed by atoms with Crippen LogP contribution in [0.2, 0.25) is 0 Å². The summed E-state index contributed by atoms with van der Waals surface area (Å²) in [7, 11) is 0. The van der Waals surface area contributed by atoms with Crippen molar-refractivity contribution in [1.82, 2.24) is 20.0 Å². The highest BCUT2D eigenvalue weighted by atomic mass is 16.4. The predicted molar refractivity (Wildman–Crippen MR) is 122 cm³/mol. The summed E-state index contributed by atoms with van der Waals surface area (Å²) in [6.07, 6.45) is 2.97. The maximum absolute atomic E-state index is 12.8. The zero-order valence-electron chi connectivity index (χ0n) is 21.0. The molecule has 1 saturated carbocycles. The molecule has 1 amide bonds. The number of carboxylic acids is 1. The molecule has 1 aromatic heterocycles. The Balaban J connectivity index is 0.000000592. The topological polar surface area (TPSA) is 90.3 Å². The van der Waals surface area contributed by atoms with Crippen LogP contribution in [0.4, 0.5) is 0 Å². The number of hydrogen-bond acceptors (Lipinski definition) is 5. The van der Waals surface area contributed by atoms with Crippen LogP contribution < -0.4 is 10.4 Å². The van der Waals surface area contributed by atoms with E-state index in [4.69, 9.17) is 0 Å². The molecule has 0 aromatic carbocycles. The fourth-order valence-electron chi connectivity index (χ4n) is 4.51. The Morgan fingerprint density at radius 2 is 1.77 bits per heavy atom. The molecule has 1 heterocycles. The molecule has 1 fully saturated rings. The lowest BCUT2D eigenvalue weighted by Crippen LogP contribution is -2.50. The van der Waals surface area contributed by atoms with Crippen molar-refractivity contribution in [2.45, 2.75) is 87.7 Å². The molecule has 1 aromatic rings. The Morgan fingerprint density at radius 1 is 1.23 bits per heavy atom. The van der Waals surface area contributed by atoms with Gasteiger partial charge in [0, 0.05) is 35.6 Å². The van der Waals surface area contributed by atoms with Crippen molar-refractivity contribution in [2.24, 2.45) is 16.7 Å². The van der Waals surface area contributed by atoms with E-state index in [2.05, 4.69) is 36.1 Å². The fourth-order valence-corrected chi connectivity index (χ4v) is 4.51. The number of hydrogen-bond donors (Lipinski definition) is 1. The van der Waals surface area contributed by atoms with Crippen LogP contribution in [0, 0.1) is 23.7 Å². The van der Waals surface area contributed by atoms with Gasteiger partial charge in [-0.25, -0.2) is 0 Å². The molecule has 1 N–H and O–H groups in total. The highest BCUT2D eigenvalue weighted by molar-refractivity contribution is 5.83. The normalized spacial score (nSPS) is 23.2. The molecule has 0 bridgehead atoms. The van der Waals surface area contributed by atoms with Gasteiger partial charge in [0.1, 0.15) is 0 Å². The van der Waals surface area contributed by atoms with Gasteiger partial charge in [0.25, 0.3) is 0 Å². The number of aromatic nitrogens is 2. The van der Waals surface area contributed by atoms with Crippen LogP contribution in [0.3, 0.4) is 0 Å². The van der Waals surface area contributed by atoms with Gasteiger partial charge in [-0.2, -0.15) is 5.10 Å². The Morgan fingerprint density at radius 3 is 2.13 bits per heavy atom. The highest BCUT2D eigenvalue weighted by Crippen LogP contribution is 2.55. The lowest BCUT2D eigenvalue weighted by Gasteiger charge is -2.42. The average molecular weight is 436 g/mol. The summed E-state index contributed by atoms with van der Waals surface area (Å²) in [5, 5.41) is 19.0. The number of aliphatic carboxylic acids is 1. The first-order chi connectivity index (χ1) is 14.4. The molecule has 3 unspecified atom stereocenters. The van der Waals surface area contributed by atoms with Crippen LogP contribution >= 0.6 is 0 Å². The Bertz CT molecular complexity index is 734. The summed E-state index contributed by atoms with van der Waals surface area (Å²) in [5.74, 6) is -1.51. The molecule has 0 saturated heterocycles. The van der Waals surface area contributed by atoms with E-state index in [-0.39, 0.29) is 17.9 Å². The van der Waals surface area contributed by atoms with Crippen molar-refractivity contribution < 1.29 is 14.7 Å². The number of aryl methyl sites for hydroxylation is 2. The van der Waals surface area contributed by atoms with E-state index in [1.807, 2.05) is 45.5 Å². The predicted octanol–water partition coefficient (Wildman–Crippen LogP) is 2.93. The number of carboxylic acid groups (broad SMARTS) is 1. The van der Waals surface area contributed by atoms with Crippen LogP contribution in [-0.2, 0) is 16.1 Å².